The molecule has 0 bridgehead atoms. The van der Waals surface area contributed by atoms with Gasteiger partial charge in [-0.15, -0.1) is 0 Å². The van der Waals surface area contributed by atoms with Crippen LogP contribution in [0.4, 0.5) is 0 Å². The van der Waals surface area contributed by atoms with Gasteiger partial charge in [0.15, 0.2) is 17.5 Å². The van der Waals surface area contributed by atoms with E-state index in [0.29, 0.717) is 23.0 Å². The zero-order chi connectivity index (χ0) is 32.3. The van der Waals surface area contributed by atoms with Gasteiger partial charge in [-0.3, -0.25) is 0 Å². The van der Waals surface area contributed by atoms with Gasteiger partial charge < -0.3 is 0 Å². The second-order valence-electron chi connectivity index (χ2n) is 11.6. The van der Waals surface area contributed by atoms with Gasteiger partial charge in [-0.05, 0) is 62.4 Å². The molecule has 0 unspecified atom stereocenters. The second kappa shape index (κ2) is 12.6. The van der Waals surface area contributed by atoms with Gasteiger partial charge in [0.05, 0.1) is 11.6 Å². The maximum Gasteiger partial charge on any atom is 0.164 e. The molecule has 8 aromatic rings. The molecular formula is C44H28N4. The zero-order valence-corrected chi connectivity index (χ0v) is 26.0. The van der Waals surface area contributed by atoms with E-state index in [9.17, 15) is 5.26 Å². The fourth-order valence-corrected chi connectivity index (χ4v) is 6.06. The molecule has 0 aliphatic rings. The molecule has 4 nitrogen and oxygen atoms in total. The number of fused-ring (bicyclic) bond motifs is 1. The number of nitriles is 1. The minimum absolute atomic E-state index is 0.636. The van der Waals surface area contributed by atoms with Crippen LogP contribution in [0.3, 0.4) is 0 Å². The predicted molar refractivity (Wildman–Crippen MR) is 195 cm³/mol. The first-order chi connectivity index (χ1) is 23.7. The van der Waals surface area contributed by atoms with Crippen LogP contribution < -0.4 is 0 Å². The first-order valence-corrected chi connectivity index (χ1v) is 15.8. The zero-order valence-electron chi connectivity index (χ0n) is 26.0. The van der Waals surface area contributed by atoms with E-state index in [1.54, 1.807) is 0 Å². The van der Waals surface area contributed by atoms with Crippen molar-refractivity contribution in [1.29, 1.82) is 5.26 Å². The molecule has 0 spiro atoms. The summed E-state index contributed by atoms with van der Waals surface area (Å²) in [4.78, 5) is 14.6. The van der Waals surface area contributed by atoms with Gasteiger partial charge in [0.1, 0.15) is 0 Å². The Balaban J connectivity index is 1.14. The molecule has 0 fully saturated rings. The van der Waals surface area contributed by atoms with Crippen molar-refractivity contribution in [2.75, 3.05) is 0 Å². The largest absolute Gasteiger partial charge is 0.208 e. The van der Waals surface area contributed by atoms with Crippen molar-refractivity contribution in [1.82, 2.24) is 15.0 Å². The highest BCUT2D eigenvalue weighted by Gasteiger charge is 2.13. The first-order valence-electron chi connectivity index (χ1n) is 15.8. The van der Waals surface area contributed by atoms with Gasteiger partial charge in [-0.25, -0.2) is 15.0 Å². The smallest absolute Gasteiger partial charge is 0.164 e. The molecule has 0 aliphatic carbocycles. The van der Waals surface area contributed by atoms with Crippen LogP contribution in [0.25, 0.3) is 78.3 Å². The molecule has 224 valence electrons. The molecule has 8 rings (SSSR count). The fourth-order valence-electron chi connectivity index (χ4n) is 6.06. The normalized spacial score (nSPS) is 10.9. The third-order valence-corrected chi connectivity index (χ3v) is 8.58. The molecule has 0 N–H and O–H groups in total. The van der Waals surface area contributed by atoms with Crippen molar-refractivity contribution in [2.45, 2.75) is 0 Å². The molecule has 0 aliphatic heterocycles. The Morgan fingerprint density at radius 2 is 0.812 bits per heavy atom. The van der Waals surface area contributed by atoms with Crippen molar-refractivity contribution < 1.29 is 0 Å². The van der Waals surface area contributed by atoms with Crippen molar-refractivity contribution in [2.24, 2.45) is 0 Å². The molecule has 1 aromatic heterocycles. The molecule has 0 atom stereocenters. The van der Waals surface area contributed by atoms with Crippen LogP contribution in [0.2, 0.25) is 0 Å². The van der Waals surface area contributed by atoms with Gasteiger partial charge in [0, 0.05) is 16.7 Å². The van der Waals surface area contributed by atoms with Crippen molar-refractivity contribution in [3.63, 3.8) is 0 Å². The summed E-state index contributed by atoms with van der Waals surface area (Å²) in [5.41, 5.74) is 10.2. The lowest BCUT2D eigenvalue weighted by Gasteiger charge is -2.11. The summed E-state index contributed by atoms with van der Waals surface area (Å²) in [6, 6.07) is 60.1. The van der Waals surface area contributed by atoms with Crippen LogP contribution in [0.5, 0.6) is 0 Å². The molecular weight excluding hydrogens is 585 g/mol. The number of hydrogen-bond acceptors (Lipinski definition) is 4. The van der Waals surface area contributed by atoms with Crippen molar-refractivity contribution in [3.05, 3.63) is 175 Å². The Hall–Kier alpha value is -6.70. The summed E-state index contributed by atoms with van der Waals surface area (Å²) in [5.74, 6) is 1.93. The van der Waals surface area contributed by atoms with Crippen LogP contribution in [0, 0.1) is 11.3 Å². The predicted octanol–water partition coefficient (Wildman–Crippen LogP) is 10.9. The van der Waals surface area contributed by atoms with Crippen LogP contribution in [-0.2, 0) is 0 Å². The lowest BCUT2D eigenvalue weighted by Crippen LogP contribution is -2.00. The Bertz CT molecular complexity index is 2370. The summed E-state index contributed by atoms with van der Waals surface area (Å²) in [6.07, 6.45) is 0. The quantitative estimate of drug-likeness (QED) is 0.187. The molecule has 1 heterocycles. The van der Waals surface area contributed by atoms with E-state index >= 15 is 0 Å². The monoisotopic (exact) mass is 612 g/mol. The van der Waals surface area contributed by atoms with E-state index in [-0.39, 0.29) is 0 Å². The van der Waals surface area contributed by atoms with Crippen LogP contribution in [-0.4, -0.2) is 15.0 Å². The van der Waals surface area contributed by atoms with Gasteiger partial charge in [0.25, 0.3) is 0 Å². The number of rotatable bonds is 6. The maximum absolute atomic E-state index is 9.30. The van der Waals surface area contributed by atoms with Gasteiger partial charge in [-0.2, -0.15) is 5.26 Å². The Morgan fingerprint density at radius 3 is 1.40 bits per heavy atom. The maximum atomic E-state index is 9.30. The average molecular weight is 613 g/mol. The highest BCUT2D eigenvalue weighted by atomic mass is 15.0. The van der Waals surface area contributed by atoms with Crippen LogP contribution in [0.15, 0.2) is 170 Å². The third kappa shape index (κ3) is 5.73. The highest BCUT2D eigenvalue weighted by molar-refractivity contribution is 5.99. The van der Waals surface area contributed by atoms with Gasteiger partial charge in [-0.1, -0.05) is 152 Å². The standard InChI is InChI=1S/C44H28N4/c45-29-30-9-7-15-38(27-30)31-17-19-32(20-18-31)39-26-23-33-14-8-16-40(41(33)28-39)34-21-24-37(25-22-34)44-47-42(35-10-3-1-4-11-35)46-43(48-44)36-12-5-2-6-13-36/h1-28H. The van der Waals surface area contributed by atoms with Crippen LogP contribution >= 0.6 is 0 Å². The number of benzene rings is 7. The van der Waals surface area contributed by atoms with E-state index in [0.717, 1.165) is 50.1 Å². The molecule has 0 saturated carbocycles. The van der Waals surface area contributed by atoms with Crippen LogP contribution in [0.1, 0.15) is 5.56 Å². The van der Waals surface area contributed by atoms with E-state index in [2.05, 4.69) is 91.0 Å². The van der Waals surface area contributed by atoms with E-state index in [4.69, 9.17) is 15.0 Å². The lowest BCUT2D eigenvalue weighted by atomic mass is 9.93. The van der Waals surface area contributed by atoms with E-state index in [1.165, 1.54) is 10.8 Å². The summed E-state index contributed by atoms with van der Waals surface area (Å²) < 4.78 is 0. The van der Waals surface area contributed by atoms with E-state index in [1.807, 2.05) is 84.9 Å². The topological polar surface area (TPSA) is 62.5 Å². The minimum Gasteiger partial charge on any atom is -0.208 e. The SMILES string of the molecule is N#Cc1cccc(-c2ccc(-c3ccc4cccc(-c5ccc(-c6nc(-c7ccccc7)nc(-c7ccccc7)n6)cc5)c4c3)cc2)c1. The van der Waals surface area contributed by atoms with E-state index < -0.39 is 0 Å². The number of nitrogens with zero attached hydrogens (tertiary/aromatic N) is 4. The summed E-state index contributed by atoms with van der Waals surface area (Å²) in [5, 5.41) is 11.7. The Kier molecular flexibility index (Phi) is 7.54. The third-order valence-electron chi connectivity index (χ3n) is 8.58. The molecule has 0 saturated heterocycles. The van der Waals surface area contributed by atoms with Gasteiger partial charge >= 0.3 is 0 Å². The summed E-state index contributed by atoms with van der Waals surface area (Å²) >= 11 is 0. The summed E-state index contributed by atoms with van der Waals surface area (Å²) in [7, 11) is 0. The van der Waals surface area contributed by atoms with Crippen molar-refractivity contribution >= 4 is 10.8 Å². The number of aromatic nitrogens is 3. The Labute approximate surface area is 279 Å². The average Bonchev–Trinajstić information content (AvgIpc) is 3.18. The van der Waals surface area contributed by atoms with Crippen molar-refractivity contribution in [3.8, 4) is 73.6 Å². The summed E-state index contributed by atoms with van der Waals surface area (Å²) in [6.45, 7) is 0. The minimum atomic E-state index is 0.636. The lowest BCUT2D eigenvalue weighted by molar-refractivity contribution is 1.07. The Morgan fingerprint density at radius 1 is 0.354 bits per heavy atom. The second-order valence-corrected chi connectivity index (χ2v) is 11.6. The first kappa shape index (κ1) is 28.8. The molecule has 0 radical (unpaired) electrons. The molecule has 7 aromatic carbocycles. The highest BCUT2D eigenvalue weighted by Crippen LogP contribution is 2.34. The molecule has 48 heavy (non-hydrogen) atoms. The fraction of sp³-hybridized carbons (Fsp3) is 0. The van der Waals surface area contributed by atoms with Gasteiger partial charge in [0.2, 0.25) is 0 Å². The number of hydrogen-bond donors (Lipinski definition) is 0. The molecule has 4 heteroatoms. The molecule has 0 amide bonds.